The van der Waals surface area contributed by atoms with E-state index >= 15 is 0 Å². The zero-order valence-electron chi connectivity index (χ0n) is 28.6. The van der Waals surface area contributed by atoms with Crippen LogP contribution in [0.4, 0.5) is 0 Å². The first-order valence-electron chi connectivity index (χ1n) is 17.3. The zero-order chi connectivity index (χ0) is 35.9. The fourth-order valence-corrected chi connectivity index (χ4v) is 7.14. The lowest BCUT2D eigenvalue weighted by atomic mass is 9.77. The Morgan fingerprint density at radius 1 is 0.769 bits per heavy atom. The lowest BCUT2D eigenvalue weighted by molar-refractivity contribution is -0.297. The number of unbranched alkanes of at least 4 members (excludes halogenated alkanes) is 1. The number of hydrogen-bond donors (Lipinski definition) is 0. The van der Waals surface area contributed by atoms with Gasteiger partial charge in [0.1, 0.15) is 11.4 Å². The van der Waals surface area contributed by atoms with Crippen molar-refractivity contribution in [3.05, 3.63) is 185 Å². The number of hydrogen-bond acceptors (Lipinski definition) is 6. The third-order valence-electron chi connectivity index (χ3n) is 9.31. The minimum absolute atomic E-state index is 0.268. The van der Waals surface area contributed by atoms with Crippen LogP contribution in [0.1, 0.15) is 53.5 Å². The Balaban J connectivity index is 1.32. The fraction of sp³-hybridized carbons (Fsp3) is 0.140. The first-order chi connectivity index (χ1) is 25.5. The van der Waals surface area contributed by atoms with Crippen LogP contribution in [0, 0.1) is 0 Å². The SMILES string of the molecule is CCCCc1nc(Cl)c(/C=C/C(=O)[O-])n1Cc1ccc(-c2ccccc2-c2nnnn2C(c2ccccc2)(c2ccccc2)c2ccccc2)cc1. The number of aliphatic carboxylic acids is 1. The smallest absolute Gasteiger partial charge is 0.184 e. The van der Waals surface area contributed by atoms with Crippen molar-refractivity contribution in [2.45, 2.75) is 38.3 Å². The van der Waals surface area contributed by atoms with Crippen molar-refractivity contribution in [1.29, 1.82) is 0 Å². The Bertz CT molecular complexity index is 2200. The summed E-state index contributed by atoms with van der Waals surface area (Å²) in [7, 11) is 0. The molecule has 258 valence electrons. The van der Waals surface area contributed by atoms with E-state index in [1.54, 1.807) is 0 Å². The van der Waals surface area contributed by atoms with Gasteiger partial charge in [-0.2, -0.15) is 0 Å². The van der Waals surface area contributed by atoms with Gasteiger partial charge in [0, 0.05) is 18.5 Å². The van der Waals surface area contributed by atoms with Gasteiger partial charge >= 0.3 is 0 Å². The van der Waals surface area contributed by atoms with Gasteiger partial charge in [-0.25, -0.2) is 9.67 Å². The molecule has 52 heavy (non-hydrogen) atoms. The quantitative estimate of drug-likeness (QED) is 0.0896. The molecule has 0 unspecified atom stereocenters. The second-order valence-electron chi connectivity index (χ2n) is 12.5. The maximum absolute atomic E-state index is 11.2. The summed E-state index contributed by atoms with van der Waals surface area (Å²) in [6.07, 6.45) is 5.10. The summed E-state index contributed by atoms with van der Waals surface area (Å²) in [6.45, 7) is 2.59. The van der Waals surface area contributed by atoms with Crippen molar-refractivity contribution < 1.29 is 9.90 Å². The van der Waals surface area contributed by atoms with Crippen molar-refractivity contribution in [2.75, 3.05) is 0 Å². The van der Waals surface area contributed by atoms with Crippen LogP contribution < -0.4 is 5.11 Å². The number of carboxylic acids is 1. The topological polar surface area (TPSA) is 102 Å². The monoisotopic (exact) mass is 703 g/mol. The van der Waals surface area contributed by atoms with Crippen LogP contribution in [0.25, 0.3) is 28.6 Å². The number of halogens is 1. The second kappa shape index (κ2) is 15.4. The number of aromatic nitrogens is 6. The molecule has 7 aromatic rings. The van der Waals surface area contributed by atoms with E-state index in [1.165, 1.54) is 6.08 Å². The van der Waals surface area contributed by atoms with E-state index in [-0.39, 0.29) is 5.15 Å². The van der Waals surface area contributed by atoms with Crippen molar-refractivity contribution in [3.8, 4) is 22.5 Å². The third kappa shape index (κ3) is 6.68. The molecule has 0 atom stereocenters. The van der Waals surface area contributed by atoms with Gasteiger partial charge in [-0.1, -0.05) is 164 Å². The van der Waals surface area contributed by atoms with Crippen LogP contribution in [-0.4, -0.2) is 35.7 Å². The molecule has 2 heterocycles. The van der Waals surface area contributed by atoms with E-state index in [9.17, 15) is 9.90 Å². The van der Waals surface area contributed by atoms with Crippen LogP contribution in [0.5, 0.6) is 0 Å². The minimum Gasteiger partial charge on any atom is -0.545 e. The molecule has 0 N–H and O–H groups in total. The predicted octanol–water partition coefficient (Wildman–Crippen LogP) is 7.85. The summed E-state index contributed by atoms with van der Waals surface area (Å²) in [5.41, 5.74) is 6.58. The number of nitrogens with zero attached hydrogens (tertiary/aromatic N) is 6. The second-order valence-corrected chi connectivity index (χ2v) is 12.9. The van der Waals surface area contributed by atoms with Crippen LogP contribution in [0.15, 0.2) is 146 Å². The maximum atomic E-state index is 11.2. The van der Waals surface area contributed by atoms with Gasteiger partial charge in [0.15, 0.2) is 11.0 Å². The summed E-state index contributed by atoms with van der Waals surface area (Å²) >= 11 is 6.50. The van der Waals surface area contributed by atoms with Crippen molar-refractivity contribution in [1.82, 2.24) is 29.8 Å². The maximum Gasteiger partial charge on any atom is 0.184 e. The normalized spacial score (nSPS) is 11.7. The molecule has 0 aliphatic rings. The Hall–Kier alpha value is -6.12. The molecule has 0 spiro atoms. The van der Waals surface area contributed by atoms with Crippen LogP contribution in [-0.2, 0) is 23.3 Å². The molecule has 5 aromatic carbocycles. The highest BCUT2D eigenvalue weighted by Gasteiger charge is 2.42. The van der Waals surface area contributed by atoms with E-state index in [2.05, 4.69) is 89.9 Å². The molecular weight excluding hydrogens is 668 g/mol. The Morgan fingerprint density at radius 2 is 1.33 bits per heavy atom. The molecule has 0 fully saturated rings. The molecule has 9 heteroatoms. The van der Waals surface area contributed by atoms with Gasteiger partial charge in [0.25, 0.3) is 0 Å². The highest BCUT2D eigenvalue weighted by Crippen LogP contribution is 2.43. The van der Waals surface area contributed by atoms with Gasteiger partial charge in [-0.3, -0.25) is 0 Å². The van der Waals surface area contributed by atoms with Gasteiger partial charge < -0.3 is 14.5 Å². The largest absolute Gasteiger partial charge is 0.545 e. The number of carbonyl (C=O) groups excluding carboxylic acids is 1. The molecule has 0 radical (unpaired) electrons. The lowest BCUT2D eigenvalue weighted by Gasteiger charge is -2.36. The lowest BCUT2D eigenvalue weighted by Crippen LogP contribution is -2.39. The summed E-state index contributed by atoms with van der Waals surface area (Å²) in [4.78, 5) is 15.8. The fourth-order valence-electron chi connectivity index (χ4n) is 6.88. The summed E-state index contributed by atoms with van der Waals surface area (Å²) in [5.74, 6) is 0.139. The number of carbonyl (C=O) groups is 1. The Labute approximate surface area is 307 Å². The average Bonchev–Trinajstić information content (AvgIpc) is 3.79. The third-order valence-corrected chi connectivity index (χ3v) is 9.59. The molecule has 2 aromatic heterocycles. The first kappa shape index (κ1) is 34.3. The van der Waals surface area contributed by atoms with Crippen LogP contribution >= 0.6 is 11.6 Å². The van der Waals surface area contributed by atoms with Gasteiger partial charge in [0.05, 0.1) is 11.7 Å². The van der Waals surface area contributed by atoms with E-state index in [4.69, 9.17) is 21.9 Å². The van der Waals surface area contributed by atoms with Crippen molar-refractivity contribution in [2.24, 2.45) is 0 Å². The summed E-state index contributed by atoms with van der Waals surface area (Å²) < 4.78 is 3.92. The number of rotatable bonds is 13. The van der Waals surface area contributed by atoms with Crippen LogP contribution in [0.2, 0.25) is 5.15 Å². The molecule has 7 rings (SSSR count). The standard InChI is InChI=1S/C43H37ClN6O2/c1-2-3-23-39-45-41(44)38(28-29-40(51)52)49(39)30-31-24-26-32(27-25-31)36-21-13-14-22-37(36)42-46-47-48-50(42)43(33-15-7-4-8-16-33,34-17-9-5-10-18-34)35-19-11-6-12-20-35/h4-22,24-29H,2-3,23,30H2,1H3,(H,51,52)/p-1/b29-28+. The highest BCUT2D eigenvalue weighted by atomic mass is 35.5. The molecule has 0 bridgehead atoms. The Morgan fingerprint density at radius 3 is 1.88 bits per heavy atom. The number of tetrazole rings is 1. The van der Waals surface area contributed by atoms with E-state index in [0.29, 0.717) is 18.1 Å². The van der Waals surface area contributed by atoms with Gasteiger partial charge in [-0.05, 0) is 62.4 Å². The molecule has 0 saturated heterocycles. The molecule has 8 nitrogen and oxygen atoms in total. The molecule has 0 amide bonds. The van der Waals surface area contributed by atoms with Gasteiger partial charge in [-0.15, -0.1) is 5.10 Å². The van der Waals surface area contributed by atoms with E-state index < -0.39 is 11.5 Å². The number of carboxylic acid groups (broad SMARTS) is 1. The molecule has 0 aliphatic heterocycles. The highest BCUT2D eigenvalue weighted by molar-refractivity contribution is 6.30. The minimum atomic E-state index is -1.29. The number of imidazole rings is 1. The molecule has 0 saturated carbocycles. The van der Waals surface area contributed by atoms with Crippen molar-refractivity contribution >= 4 is 23.6 Å². The number of aryl methyl sites for hydroxylation is 1. The van der Waals surface area contributed by atoms with E-state index in [0.717, 1.165) is 70.1 Å². The molecular formula is C43H36ClN6O2-. The first-order valence-corrected chi connectivity index (χ1v) is 17.7. The number of benzene rings is 5. The molecule has 0 aliphatic carbocycles. The Kier molecular flexibility index (Phi) is 10.2. The van der Waals surface area contributed by atoms with Gasteiger partial charge in [0.2, 0.25) is 0 Å². The van der Waals surface area contributed by atoms with E-state index in [1.807, 2.05) is 76.0 Å². The average molecular weight is 704 g/mol. The summed E-state index contributed by atoms with van der Waals surface area (Å²) in [5, 5.41) is 25.2. The summed E-state index contributed by atoms with van der Waals surface area (Å²) in [6, 6.07) is 47.5. The van der Waals surface area contributed by atoms with Crippen LogP contribution in [0.3, 0.4) is 0 Å². The zero-order valence-corrected chi connectivity index (χ0v) is 29.4. The predicted molar refractivity (Wildman–Crippen MR) is 202 cm³/mol. The van der Waals surface area contributed by atoms with Crippen molar-refractivity contribution in [3.63, 3.8) is 0 Å².